The maximum Gasteiger partial charge on any atom is 0.347 e. The van der Waals surface area contributed by atoms with Crippen molar-refractivity contribution in [1.29, 1.82) is 0 Å². The van der Waals surface area contributed by atoms with Crippen LogP contribution in [0.2, 0.25) is 0 Å². The lowest BCUT2D eigenvalue weighted by molar-refractivity contribution is 0.0700. The van der Waals surface area contributed by atoms with E-state index in [0.717, 1.165) is 27.6 Å². The third-order valence-electron chi connectivity index (χ3n) is 4.12. The molecule has 0 radical (unpaired) electrons. The van der Waals surface area contributed by atoms with Crippen molar-refractivity contribution in [2.24, 2.45) is 0 Å². The van der Waals surface area contributed by atoms with E-state index in [1.807, 2.05) is 25.2 Å². The van der Waals surface area contributed by atoms with Crippen molar-refractivity contribution >= 4 is 22.3 Å². The number of aromatic carboxylic acids is 1. The molecular formula is C18H20N2O2S. The van der Waals surface area contributed by atoms with Gasteiger partial charge in [0.15, 0.2) is 4.96 Å². The molecule has 0 atom stereocenters. The number of hydrogen-bond donors (Lipinski definition) is 1. The quantitative estimate of drug-likeness (QED) is 0.750. The molecule has 0 aliphatic carbocycles. The molecule has 1 N–H and O–H groups in total. The first-order chi connectivity index (χ1) is 10.8. The number of hydrogen-bond acceptors (Lipinski definition) is 3. The topological polar surface area (TPSA) is 54.6 Å². The highest BCUT2D eigenvalue weighted by atomic mass is 32.1. The second kappa shape index (κ2) is 5.49. The minimum absolute atomic E-state index is 0.120. The number of fused-ring (bicyclic) bond motifs is 1. The lowest BCUT2D eigenvalue weighted by atomic mass is 10.0. The molecule has 0 bridgehead atoms. The Hall–Kier alpha value is -2.14. The molecule has 0 saturated carbocycles. The molecule has 0 unspecified atom stereocenters. The maximum atomic E-state index is 11.5. The molecule has 0 aliphatic heterocycles. The van der Waals surface area contributed by atoms with Gasteiger partial charge in [-0.3, -0.25) is 4.40 Å². The second-order valence-corrected chi connectivity index (χ2v) is 7.24. The minimum atomic E-state index is -0.878. The van der Waals surface area contributed by atoms with E-state index < -0.39 is 5.97 Å². The Morgan fingerprint density at radius 3 is 2.52 bits per heavy atom. The van der Waals surface area contributed by atoms with Crippen LogP contribution in [0.4, 0.5) is 0 Å². The van der Waals surface area contributed by atoms with E-state index in [9.17, 15) is 9.90 Å². The summed E-state index contributed by atoms with van der Waals surface area (Å²) in [7, 11) is 0. The fourth-order valence-electron chi connectivity index (χ4n) is 3.08. The molecule has 2 aromatic heterocycles. The lowest BCUT2D eigenvalue weighted by Gasteiger charge is -2.09. The molecule has 3 rings (SSSR count). The Morgan fingerprint density at radius 2 is 1.96 bits per heavy atom. The van der Waals surface area contributed by atoms with Gasteiger partial charge in [0.25, 0.3) is 0 Å². The minimum Gasteiger partial charge on any atom is -0.477 e. The van der Waals surface area contributed by atoms with Gasteiger partial charge >= 0.3 is 5.97 Å². The maximum absolute atomic E-state index is 11.5. The van der Waals surface area contributed by atoms with Gasteiger partial charge in [-0.2, -0.15) is 0 Å². The van der Waals surface area contributed by atoms with Crippen molar-refractivity contribution in [2.45, 2.75) is 40.5 Å². The van der Waals surface area contributed by atoms with Crippen LogP contribution in [0.25, 0.3) is 16.2 Å². The zero-order valence-corrected chi connectivity index (χ0v) is 14.8. The smallest absolute Gasteiger partial charge is 0.347 e. The second-order valence-electron chi connectivity index (χ2n) is 6.26. The third kappa shape index (κ3) is 2.45. The van der Waals surface area contributed by atoms with Gasteiger partial charge in [0.1, 0.15) is 4.88 Å². The van der Waals surface area contributed by atoms with Gasteiger partial charge in [0.2, 0.25) is 0 Å². The molecule has 23 heavy (non-hydrogen) atoms. The Labute approximate surface area is 139 Å². The SMILES string of the molecule is Cc1ccc(-c2nc3sc(C(=O)O)c(C(C)C)n3c2C)c(C)c1. The highest BCUT2D eigenvalue weighted by molar-refractivity contribution is 7.19. The number of carboxylic acid groups (broad SMARTS) is 1. The third-order valence-corrected chi connectivity index (χ3v) is 5.17. The average molecular weight is 328 g/mol. The average Bonchev–Trinajstić information content (AvgIpc) is 2.97. The lowest BCUT2D eigenvalue weighted by Crippen LogP contribution is -2.04. The Morgan fingerprint density at radius 1 is 1.26 bits per heavy atom. The van der Waals surface area contributed by atoms with Gasteiger partial charge in [-0.15, -0.1) is 0 Å². The summed E-state index contributed by atoms with van der Waals surface area (Å²) >= 11 is 1.25. The summed E-state index contributed by atoms with van der Waals surface area (Å²) in [6.07, 6.45) is 0. The molecule has 3 aromatic rings. The predicted molar refractivity (Wildman–Crippen MR) is 93.8 cm³/mol. The van der Waals surface area contributed by atoms with Crippen LogP contribution >= 0.6 is 11.3 Å². The molecule has 120 valence electrons. The van der Waals surface area contributed by atoms with Gasteiger partial charge in [-0.05, 0) is 32.3 Å². The van der Waals surface area contributed by atoms with Crippen molar-refractivity contribution in [3.8, 4) is 11.3 Å². The van der Waals surface area contributed by atoms with Gasteiger partial charge in [0, 0.05) is 11.3 Å². The van der Waals surface area contributed by atoms with Gasteiger partial charge in [-0.25, -0.2) is 9.78 Å². The number of nitrogens with zero attached hydrogens (tertiary/aromatic N) is 2. The van der Waals surface area contributed by atoms with Gasteiger partial charge in [-0.1, -0.05) is 48.9 Å². The summed E-state index contributed by atoms with van der Waals surface area (Å²) in [5.41, 5.74) is 6.28. The van der Waals surface area contributed by atoms with Gasteiger partial charge < -0.3 is 5.11 Å². The van der Waals surface area contributed by atoms with Crippen LogP contribution in [-0.4, -0.2) is 20.5 Å². The largest absolute Gasteiger partial charge is 0.477 e. The summed E-state index contributed by atoms with van der Waals surface area (Å²) < 4.78 is 2.01. The monoisotopic (exact) mass is 328 g/mol. The first kappa shape index (κ1) is 15.7. The molecule has 0 fully saturated rings. The van der Waals surface area contributed by atoms with Crippen molar-refractivity contribution in [1.82, 2.24) is 9.38 Å². The number of imidazole rings is 1. The molecule has 4 nitrogen and oxygen atoms in total. The molecule has 0 aliphatic rings. The van der Waals surface area contributed by atoms with Crippen LogP contribution < -0.4 is 0 Å². The number of carbonyl (C=O) groups is 1. The summed E-state index contributed by atoms with van der Waals surface area (Å²) in [4.78, 5) is 17.4. The molecular weight excluding hydrogens is 308 g/mol. The number of thiazole rings is 1. The Balaban J connectivity index is 2.30. The van der Waals surface area contributed by atoms with Crippen LogP contribution in [0.3, 0.4) is 0 Å². The van der Waals surface area contributed by atoms with Crippen molar-refractivity contribution in [2.75, 3.05) is 0 Å². The molecule has 2 heterocycles. The Kier molecular flexibility index (Phi) is 3.76. The molecule has 0 spiro atoms. The van der Waals surface area contributed by atoms with Crippen LogP contribution in [0, 0.1) is 20.8 Å². The summed E-state index contributed by atoms with van der Waals surface area (Å²) in [6, 6.07) is 6.33. The first-order valence-corrected chi connectivity index (χ1v) is 8.45. The number of carboxylic acids is 1. The zero-order chi connectivity index (χ0) is 16.9. The fourth-order valence-corrected chi connectivity index (χ4v) is 4.25. The number of aryl methyl sites for hydroxylation is 3. The highest BCUT2D eigenvalue weighted by Crippen LogP contribution is 2.35. The van der Waals surface area contributed by atoms with E-state index in [-0.39, 0.29) is 5.92 Å². The van der Waals surface area contributed by atoms with Crippen LogP contribution in [0.5, 0.6) is 0 Å². The van der Waals surface area contributed by atoms with Crippen LogP contribution in [0.1, 0.15) is 52.0 Å². The molecule has 5 heteroatoms. The summed E-state index contributed by atoms with van der Waals surface area (Å²) in [5.74, 6) is -0.758. The Bertz CT molecular complexity index is 919. The van der Waals surface area contributed by atoms with E-state index in [2.05, 4.69) is 32.0 Å². The van der Waals surface area contributed by atoms with Crippen molar-refractivity contribution in [3.05, 3.63) is 45.6 Å². The van der Waals surface area contributed by atoms with E-state index >= 15 is 0 Å². The van der Waals surface area contributed by atoms with E-state index in [4.69, 9.17) is 4.98 Å². The summed E-state index contributed by atoms with van der Waals surface area (Å²) in [6.45, 7) is 10.2. The number of rotatable bonds is 3. The molecule has 0 amide bonds. The van der Waals surface area contributed by atoms with E-state index in [1.54, 1.807) is 0 Å². The van der Waals surface area contributed by atoms with Crippen molar-refractivity contribution in [3.63, 3.8) is 0 Å². The number of aromatic nitrogens is 2. The van der Waals surface area contributed by atoms with Crippen LogP contribution in [0.15, 0.2) is 18.2 Å². The van der Waals surface area contributed by atoms with Crippen molar-refractivity contribution < 1.29 is 9.90 Å². The molecule has 1 aromatic carbocycles. The van der Waals surface area contributed by atoms with Crippen LogP contribution in [-0.2, 0) is 0 Å². The fraction of sp³-hybridized carbons (Fsp3) is 0.333. The van der Waals surface area contributed by atoms with Gasteiger partial charge in [0.05, 0.1) is 11.4 Å². The molecule has 0 saturated heterocycles. The standard InChI is InChI=1S/C18H20N2O2S/c1-9(2)15-16(17(21)22)23-18-19-14(12(5)20(15)18)13-7-6-10(3)8-11(13)4/h6-9H,1-5H3,(H,21,22). The predicted octanol–water partition coefficient (Wildman–Crippen LogP) is 4.81. The normalized spacial score (nSPS) is 11.6. The van der Waals surface area contributed by atoms with E-state index in [0.29, 0.717) is 4.88 Å². The highest BCUT2D eigenvalue weighted by Gasteiger charge is 2.24. The first-order valence-electron chi connectivity index (χ1n) is 7.64. The van der Waals surface area contributed by atoms with E-state index in [1.165, 1.54) is 22.5 Å². The zero-order valence-electron chi connectivity index (χ0n) is 14.0. The number of benzene rings is 1. The summed E-state index contributed by atoms with van der Waals surface area (Å²) in [5, 5.41) is 9.46.